The summed E-state index contributed by atoms with van der Waals surface area (Å²) in [7, 11) is 0. The van der Waals surface area contributed by atoms with Gasteiger partial charge in [0.2, 0.25) is 5.91 Å². The number of piperidine rings is 1. The van der Waals surface area contributed by atoms with Gasteiger partial charge in [0.05, 0.1) is 23.1 Å². The summed E-state index contributed by atoms with van der Waals surface area (Å²) in [5, 5.41) is 7.88. The summed E-state index contributed by atoms with van der Waals surface area (Å²) in [5.41, 5.74) is 14.0. The van der Waals surface area contributed by atoms with Crippen LogP contribution in [0.2, 0.25) is 0 Å². The molecule has 1 atom stereocenters. The minimum atomic E-state index is -0.288. The first-order valence-electron chi connectivity index (χ1n) is 6.45. The summed E-state index contributed by atoms with van der Waals surface area (Å²) >= 11 is 0. The van der Waals surface area contributed by atoms with Crippen molar-refractivity contribution in [2.45, 2.75) is 25.3 Å². The summed E-state index contributed by atoms with van der Waals surface area (Å²) in [6.07, 6.45) is 4.59. The molecule has 1 fully saturated rings. The molecule has 5 N–H and O–H groups in total. The van der Waals surface area contributed by atoms with E-state index in [4.69, 9.17) is 11.5 Å². The standard InChI is InChI=1S/C13H17N5O/c14-9-5-8-7-16-17-10(8)6-12(9)18-4-2-1-3-11(18)13(15)19/h5-7,11H,1-4,14H2,(H2,15,19)(H,16,17). The van der Waals surface area contributed by atoms with Crippen LogP contribution in [-0.2, 0) is 4.79 Å². The van der Waals surface area contributed by atoms with Gasteiger partial charge in [-0.1, -0.05) is 0 Å². The van der Waals surface area contributed by atoms with Gasteiger partial charge in [-0.25, -0.2) is 0 Å². The van der Waals surface area contributed by atoms with E-state index < -0.39 is 0 Å². The van der Waals surface area contributed by atoms with Crippen molar-refractivity contribution < 1.29 is 4.79 Å². The van der Waals surface area contributed by atoms with Crippen LogP contribution >= 0.6 is 0 Å². The van der Waals surface area contributed by atoms with Gasteiger partial charge in [-0.15, -0.1) is 0 Å². The van der Waals surface area contributed by atoms with Gasteiger partial charge in [0.1, 0.15) is 6.04 Å². The first kappa shape index (κ1) is 11.8. The van der Waals surface area contributed by atoms with E-state index in [1.165, 1.54) is 0 Å². The van der Waals surface area contributed by atoms with Crippen LogP contribution in [0.25, 0.3) is 10.9 Å². The molecule has 1 aromatic carbocycles. The van der Waals surface area contributed by atoms with Gasteiger partial charge >= 0.3 is 0 Å². The highest BCUT2D eigenvalue weighted by Crippen LogP contribution is 2.32. The summed E-state index contributed by atoms with van der Waals surface area (Å²) in [5.74, 6) is -0.288. The van der Waals surface area contributed by atoms with Gasteiger partial charge in [-0.3, -0.25) is 9.89 Å². The van der Waals surface area contributed by atoms with Crippen LogP contribution in [0.3, 0.4) is 0 Å². The lowest BCUT2D eigenvalue weighted by molar-refractivity contribution is -0.119. The number of H-pyrrole nitrogens is 1. The molecule has 1 aliphatic heterocycles. The van der Waals surface area contributed by atoms with E-state index >= 15 is 0 Å². The van der Waals surface area contributed by atoms with Crippen molar-refractivity contribution >= 4 is 28.2 Å². The monoisotopic (exact) mass is 259 g/mol. The number of carbonyl (C=O) groups excluding carboxylic acids is 1. The third-order valence-corrected chi connectivity index (χ3v) is 3.73. The molecule has 100 valence electrons. The molecule has 0 spiro atoms. The largest absolute Gasteiger partial charge is 0.397 e. The van der Waals surface area contributed by atoms with E-state index in [0.29, 0.717) is 5.69 Å². The summed E-state index contributed by atoms with van der Waals surface area (Å²) < 4.78 is 0. The van der Waals surface area contributed by atoms with Crippen molar-refractivity contribution in [1.82, 2.24) is 10.2 Å². The zero-order chi connectivity index (χ0) is 13.4. The lowest BCUT2D eigenvalue weighted by atomic mass is 10.00. The Morgan fingerprint density at radius 2 is 2.26 bits per heavy atom. The Bertz CT molecular complexity index is 621. The van der Waals surface area contributed by atoms with Crippen molar-refractivity contribution in [2.24, 2.45) is 5.73 Å². The highest BCUT2D eigenvalue weighted by molar-refractivity contribution is 5.91. The molecule has 1 unspecified atom stereocenters. The highest BCUT2D eigenvalue weighted by Gasteiger charge is 2.28. The number of fused-ring (bicyclic) bond motifs is 1. The van der Waals surface area contributed by atoms with Crippen molar-refractivity contribution in [3.63, 3.8) is 0 Å². The third-order valence-electron chi connectivity index (χ3n) is 3.73. The molecule has 6 heteroatoms. The van der Waals surface area contributed by atoms with Crippen molar-refractivity contribution in [2.75, 3.05) is 17.2 Å². The number of hydrogen-bond acceptors (Lipinski definition) is 4. The maximum Gasteiger partial charge on any atom is 0.240 e. The van der Waals surface area contributed by atoms with E-state index in [2.05, 4.69) is 10.2 Å². The predicted octanol–water partition coefficient (Wildman–Crippen LogP) is 0.989. The maximum atomic E-state index is 11.6. The number of nitrogen functional groups attached to an aromatic ring is 1. The number of aromatic amines is 1. The molecule has 0 radical (unpaired) electrons. The smallest absolute Gasteiger partial charge is 0.240 e. The molecular weight excluding hydrogens is 242 g/mol. The number of benzene rings is 1. The van der Waals surface area contributed by atoms with Crippen LogP contribution < -0.4 is 16.4 Å². The Labute approximate surface area is 110 Å². The molecule has 1 aliphatic rings. The van der Waals surface area contributed by atoms with Gasteiger partial charge < -0.3 is 16.4 Å². The van der Waals surface area contributed by atoms with Crippen molar-refractivity contribution in [3.05, 3.63) is 18.3 Å². The van der Waals surface area contributed by atoms with Crippen LogP contribution in [0.4, 0.5) is 11.4 Å². The second-order valence-corrected chi connectivity index (χ2v) is 4.98. The molecule has 1 saturated heterocycles. The number of carbonyl (C=O) groups is 1. The Kier molecular flexibility index (Phi) is 2.77. The SMILES string of the molecule is NC(=O)C1CCCCN1c1cc2[nH]ncc2cc1N. The number of nitrogens with two attached hydrogens (primary N) is 2. The minimum absolute atomic E-state index is 0.267. The molecule has 6 nitrogen and oxygen atoms in total. The maximum absolute atomic E-state index is 11.6. The van der Waals surface area contributed by atoms with Crippen LogP contribution in [-0.4, -0.2) is 28.7 Å². The van der Waals surface area contributed by atoms with Gasteiger partial charge in [0, 0.05) is 11.9 Å². The molecule has 3 rings (SSSR count). The molecule has 0 saturated carbocycles. The fourth-order valence-electron chi connectivity index (χ4n) is 2.76. The molecule has 2 heterocycles. The summed E-state index contributed by atoms with van der Waals surface area (Å²) in [6, 6.07) is 3.55. The number of aromatic nitrogens is 2. The molecule has 19 heavy (non-hydrogen) atoms. The fraction of sp³-hybridized carbons (Fsp3) is 0.385. The van der Waals surface area contributed by atoms with Crippen LogP contribution in [0.1, 0.15) is 19.3 Å². The van der Waals surface area contributed by atoms with E-state index in [1.807, 2.05) is 17.0 Å². The number of primary amides is 1. The van der Waals surface area contributed by atoms with Gasteiger partial charge in [-0.05, 0) is 31.4 Å². The van der Waals surface area contributed by atoms with Crippen LogP contribution in [0.5, 0.6) is 0 Å². The average Bonchev–Trinajstić information content (AvgIpc) is 2.84. The first-order valence-corrected chi connectivity index (χ1v) is 6.45. The van der Waals surface area contributed by atoms with E-state index in [0.717, 1.165) is 42.4 Å². The van der Waals surface area contributed by atoms with Crippen LogP contribution in [0.15, 0.2) is 18.3 Å². The van der Waals surface area contributed by atoms with Crippen LogP contribution in [0, 0.1) is 0 Å². The number of amides is 1. The van der Waals surface area contributed by atoms with E-state index in [1.54, 1.807) is 6.20 Å². The summed E-state index contributed by atoms with van der Waals surface area (Å²) in [4.78, 5) is 13.6. The number of nitrogens with zero attached hydrogens (tertiary/aromatic N) is 2. The van der Waals surface area contributed by atoms with E-state index in [9.17, 15) is 4.79 Å². The zero-order valence-corrected chi connectivity index (χ0v) is 10.6. The Hall–Kier alpha value is -2.24. The minimum Gasteiger partial charge on any atom is -0.397 e. The topological polar surface area (TPSA) is 101 Å². The lowest BCUT2D eigenvalue weighted by Gasteiger charge is -2.36. The van der Waals surface area contributed by atoms with E-state index in [-0.39, 0.29) is 11.9 Å². The van der Waals surface area contributed by atoms with Gasteiger partial charge in [0.15, 0.2) is 0 Å². The lowest BCUT2D eigenvalue weighted by Crippen LogP contribution is -2.48. The first-order chi connectivity index (χ1) is 9.16. The fourth-order valence-corrected chi connectivity index (χ4v) is 2.76. The molecule has 2 aromatic rings. The number of hydrogen-bond donors (Lipinski definition) is 3. The van der Waals surface area contributed by atoms with Gasteiger partial charge in [0.25, 0.3) is 0 Å². The van der Waals surface area contributed by atoms with Crippen molar-refractivity contribution in [1.29, 1.82) is 0 Å². The molecule has 0 bridgehead atoms. The normalized spacial score (nSPS) is 19.8. The van der Waals surface area contributed by atoms with Gasteiger partial charge in [-0.2, -0.15) is 5.10 Å². The predicted molar refractivity (Wildman–Crippen MR) is 74.7 cm³/mol. The third kappa shape index (κ3) is 1.99. The zero-order valence-electron chi connectivity index (χ0n) is 10.6. The quantitative estimate of drug-likeness (QED) is 0.700. The average molecular weight is 259 g/mol. The highest BCUT2D eigenvalue weighted by atomic mass is 16.1. The second-order valence-electron chi connectivity index (χ2n) is 4.98. The Morgan fingerprint density at radius 1 is 1.42 bits per heavy atom. The number of nitrogens with one attached hydrogen (secondary N) is 1. The number of rotatable bonds is 2. The molecule has 1 amide bonds. The Balaban J connectivity index is 2.05. The summed E-state index contributed by atoms with van der Waals surface area (Å²) in [6.45, 7) is 0.803. The second kappa shape index (κ2) is 4.46. The van der Waals surface area contributed by atoms with Crippen molar-refractivity contribution in [3.8, 4) is 0 Å². The number of anilines is 2. The molecule has 1 aromatic heterocycles. The molecular formula is C13H17N5O. The Morgan fingerprint density at radius 3 is 3.05 bits per heavy atom. The molecule has 0 aliphatic carbocycles.